The second-order valence-corrected chi connectivity index (χ2v) is 6.17. The molecule has 0 aromatic heterocycles. The lowest BCUT2D eigenvalue weighted by molar-refractivity contribution is 0.598. The molecular weight excluding hydrogens is 268 g/mol. The second-order valence-electron chi connectivity index (χ2n) is 5.76. The molecule has 0 amide bonds. The van der Waals surface area contributed by atoms with Gasteiger partial charge >= 0.3 is 0 Å². The van der Waals surface area contributed by atoms with Crippen LogP contribution in [0.2, 0.25) is 5.02 Å². The Labute approximate surface area is 128 Å². The van der Waals surface area contributed by atoms with Crippen LogP contribution < -0.4 is 10.2 Å². The highest BCUT2D eigenvalue weighted by Gasteiger charge is 2.29. The molecule has 1 atom stereocenters. The third kappa shape index (κ3) is 3.89. The first-order chi connectivity index (χ1) is 9.67. The van der Waals surface area contributed by atoms with Crippen molar-refractivity contribution in [3.63, 3.8) is 0 Å². The van der Waals surface area contributed by atoms with E-state index in [9.17, 15) is 0 Å². The van der Waals surface area contributed by atoms with Gasteiger partial charge in [-0.1, -0.05) is 37.9 Å². The predicted octanol–water partition coefficient (Wildman–Crippen LogP) is 4.78. The van der Waals surface area contributed by atoms with E-state index < -0.39 is 0 Å². The van der Waals surface area contributed by atoms with Crippen molar-refractivity contribution in [3.8, 4) is 0 Å². The third-order valence-corrected chi connectivity index (χ3v) is 4.36. The summed E-state index contributed by atoms with van der Waals surface area (Å²) in [6.45, 7) is 8.65. The summed E-state index contributed by atoms with van der Waals surface area (Å²) in [6.07, 6.45) is 5.16. The minimum atomic E-state index is 0.312. The number of halogens is 1. The Kier molecular flexibility index (Phi) is 5.74. The molecule has 1 aromatic carbocycles. The fraction of sp³-hybridized carbons (Fsp3) is 0.647. The van der Waals surface area contributed by atoms with Crippen LogP contribution in [0.1, 0.15) is 58.1 Å². The average Bonchev–Trinajstić information content (AvgIpc) is 3.24. The van der Waals surface area contributed by atoms with Gasteiger partial charge in [-0.25, -0.2) is 0 Å². The molecule has 1 unspecified atom stereocenters. The Hall–Kier alpha value is -0.730. The minimum absolute atomic E-state index is 0.312. The van der Waals surface area contributed by atoms with Crippen molar-refractivity contribution in [3.05, 3.63) is 28.8 Å². The van der Waals surface area contributed by atoms with Gasteiger partial charge in [0.25, 0.3) is 0 Å². The molecule has 1 aromatic rings. The second kappa shape index (κ2) is 7.33. The number of anilines is 1. The molecule has 0 saturated heterocycles. The van der Waals surface area contributed by atoms with Gasteiger partial charge in [-0.15, -0.1) is 0 Å². The molecule has 112 valence electrons. The molecule has 0 bridgehead atoms. The quantitative estimate of drug-likeness (QED) is 0.742. The molecule has 2 rings (SSSR count). The van der Waals surface area contributed by atoms with Crippen molar-refractivity contribution in [1.82, 2.24) is 5.32 Å². The third-order valence-electron chi connectivity index (χ3n) is 4.03. The average molecular weight is 295 g/mol. The smallest absolute Gasteiger partial charge is 0.0474 e. The van der Waals surface area contributed by atoms with E-state index in [1.165, 1.54) is 36.9 Å². The molecule has 1 N–H and O–H groups in total. The van der Waals surface area contributed by atoms with Crippen LogP contribution >= 0.6 is 11.6 Å². The summed E-state index contributed by atoms with van der Waals surface area (Å²) in [5.74, 6) is 0. The number of nitrogens with zero attached hydrogens (tertiary/aromatic N) is 1. The molecule has 2 nitrogen and oxygen atoms in total. The zero-order valence-corrected chi connectivity index (χ0v) is 13.7. The largest absolute Gasteiger partial charge is 0.369 e. The van der Waals surface area contributed by atoms with Gasteiger partial charge in [0.1, 0.15) is 0 Å². The van der Waals surface area contributed by atoms with Gasteiger partial charge < -0.3 is 10.2 Å². The van der Waals surface area contributed by atoms with Gasteiger partial charge in [-0.3, -0.25) is 0 Å². The fourth-order valence-corrected chi connectivity index (χ4v) is 3.04. The van der Waals surface area contributed by atoms with Crippen LogP contribution in [0.3, 0.4) is 0 Å². The maximum Gasteiger partial charge on any atom is 0.0474 e. The Morgan fingerprint density at radius 2 is 2.10 bits per heavy atom. The molecule has 0 aliphatic heterocycles. The van der Waals surface area contributed by atoms with Crippen LogP contribution in [0.5, 0.6) is 0 Å². The highest BCUT2D eigenvalue weighted by atomic mass is 35.5. The maximum atomic E-state index is 6.50. The van der Waals surface area contributed by atoms with E-state index in [1.54, 1.807) is 0 Å². The standard InChI is InChI=1S/C17H27ClN2/c1-4-6-11-20(14-7-8-14)15-9-10-16(17(18)12-15)13(3)19-5-2/h9-10,12-14,19H,4-8,11H2,1-3H3. The van der Waals surface area contributed by atoms with Gasteiger partial charge in [0, 0.05) is 29.3 Å². The molecule has 1 saturated carbocycles. The fourth-order valence-electron chi connectivity index (χ4n) is 2.70. The predicted molar refractivity (Wildman–Crippen MR) is 88.8 cm³/mol. The molecule has 0 radical (unpaired) electrons. The molecule has 3 heteroatoms. The molecule has 0 spiro atoms. The van der Waals surface area contributed by atoms with E-state index in [0.717, 1.165) is 24.2 Å². The zero-order chi connectivity index (χ0) is 14.5. The number of hydrogen-bond donors (Lipinski definition) is 1. The first-order valence-corrected chi connectivity index (χ1v) is 8.34. The van der Waals surface area contributed by atoms with E-state index >= 15 is 0 Å². The van der Waals surface area contributed by atoms with Crippen LogP contribution in [0.15, 0.2) is 18.2 Å². The summed E-state index contributed by atoms with van der Waals surface area (Å²) >= 11 is 6.50. The monoisotopic (exact) mass is 294 g/mol. The lowest BCUT2D eigenvalue weighted by atomic mass is 10.1. The van der Waals surface area contributed by atoms with Gasteiger partial charge in [0.15, 0.2) is 0 Å². The number of rotatable bonds is 8. The summed E-state index contributed by atoms with van der Waals surface area (Å²) in [5.41, 5.74) is 2.49. The van der Waals surface area contributed by atoms with E-state index in [4.69, 9.17) is 11.6 Å². The van der Waals surface area contributed by atoms with Crippen LogP contribution in [0, 0.1) is 0 Å². The van der Waals surface area contributed by atoms with Crippen molar-refractivity contribution < 1.29 is 0 Å². The van der Waals surface area contributed by atoms with Gasteiger partial charge in [0.05, 0.1) is 0 Å². The van der Waals surface area contributed by atoms with Crippen molar-refractivity contribution >= 4 is 17.3 Å². The highest BCUT2D eigenvalue weighted by molar-refractivity contribution is 6.31. The summed E-state index contributed by atoms with van der Waals surface area (Å²) in [6, 6.07) is 7.63. The lowest BCUT2D eigenvalue weighted by Gasteiger charge is -2.26. The Balaban J connectivity index is 2.13. The van der Waals surface area contributed by atoms with E-state index in [0.29, 0.717) is 6.04 Å². The SMILES string of the molecule is CCCCN(c1ccc(C(C)NCC)c(Cl)c1)C1CC1. The van der Waals surface area contributed by atoms with Crippen LogP contribution in [0.25, 0.3) is 0 Å². The minimum Gasteiger partial charge on any atom is -0.369 e. The number of nitrogens with one attached hydrogen (secondary N) is 1. The molecule has 1 aliphatic carbocycles. The topological polar surface area (TPSA) is 15.3 Å². The Morgan fingerprint density at radius 3 is 2.65 bits per heavy atom. The van der Waals surface area contributed by atoms with E-state index in [2.05, 4.69) is 49.2 Å². The number of hydrogen-bond acceptors (Lipinski definition) is 2. The van der Waals surface area contributed by atoms with Crippen LogP contribution in [0.4, 0.5) is 5.69 Å². The highest BCUT2D eigenvalue weighted by Crippen LogP contribution is 2.35. The molecular formula is C17H27ClN2. The Bertz CT molecular complexity index is 429. The number of benzene rings is 1. The molecule has 0 heterocycles. The Morgan fingerprint density at radius 1 is 1.35 bits per heavy atom. The van der Waals surface area contributed by atoms with Gasteiger partial charge in [-0.2, -0.15) is 0 Å². The molecule has 20 heavy (non-hydrogen) atoms. The first-order valence-electron chi connectivity index (χ1n) is 7.96. The van der Waals surface area contributed by atoms with Crippen LogP contribution in [-0.4, -0.2) is 19.1 Å². The molecule has 1 aliphatic rings. The first kappa shape index (κ1) is 15.7. The number of unbranched alkanes of at least 4 members (excludes halogenated alkanes) is 1. The van der Waals surface area contributed by atoms with Gasteiger partial charge in [0.2, 0.25) is 0 Å². The summed E-state index contributed by atoms with van der Waals surface area (Å²) < 4.78 is 0. The normalized spacial score (nSPS) is 16.2. The van der Waals surface area contributed by atoms with E-state index in [1.807, 2.05) is 0 Å². The van der Waals surface area contributed by atoms with Crippen molar-refractivity contribution in [1.29, 1.82) is 0 Å². The maximum absolute atomic E-state index is 6.50. The van der Waals surface area contributed by atoms with Crippen molar-refractivity contribution in [2.45, 2.75) is 58.5 Å². The van der Waals surface area contributed by atoms with Crippen molar-refractivity contribution in [2.24, 2.45) is 0 Å². The molecule has 1 fully saturated rings. The zero-order valence-electron chi connectivity index (χ0n) is 13.0. The lowest BCUT2D eigenvalue weighted by Crippen LogP contribution is -2.27. The summed E-state index contributed by atoms with van der Waals surface area (Å²) in [7, 11) is 0. The summed E-state index contributed by atoms with van der Waals surface area (Å²) in [5, 5.41) is 4.31. The summed E-state index contributed by atoms with van der Waals surface area (Å²) in [4.78, 5) is 2.54. The van der Waals surface area contributed by atoms with E-state index in [-0.39, 0.29) is 0 Å². The van der Waals surface area contributed by atoms with Gasteiger partial charge in [-0.05, 0) is 50.4 Å². The van der Waals surface area contributed by atoms with Crippen molar-refractivity contribution in [2.75, 3.05) is 18.0 Å². The van der Waals surface area contributed by atoms with Crippen LogP contribution in [-0.2, 0) is 0 Å².